The summed E-state index contributed by atoms with van der Waals surface area (Å²) in [5.74, 6) is -2.01. The number of primary amides is 1. The minimum atomic E-state index is -1.19. The van der Waals surface area contributed by atoms with E-state index in [2.05, 4.69) is 15.3 Å². The number of nitrogens with two attached hydrogens (primary N) is 1. The Hall–Kier alpha value is -3.54. The number of carbonyl (C=O) groups is 3. The van der Waals surface area contributed by atoms with Crippen LogP contribution in [-0.2, 0) is 23.9 Å². The van der Waals surface area contributed by atoms with Crippen LogP contribution < -0.4 is 20.5 Å². The van der Waals surface area contributed by atoms with Gasteiger partial charge in [-0.15, -0.1) is 0 Å². The van der Waals surface area contributed by atoms with Crippen molar-refractivity contribution in [2.24, 2.45) is 45.9 Å². The number of hydrogen-bond acceptors (Lipinski definition) is 9. The number of aliphatic hydroxyl groups is 1. The third kappa shape index (κ3) is 13.2. The first-order valence-corrected chi connectivity index (χ1v) is 16.3. The van der Waals surface area contributed by atoms with E-state index in [-0.39, 0.29) is 37.1 Å². The van der Waals surface area contributed by atoms with Gasteiger partial charge in [0, 0.05) is 43.4 Å². The molecule has 0 fully saturated rings. The summed E-state index contributed by atoms with van der Waals surface area (Å²) < 4.78 is 22.7. The predicted octanol–water partition coefficient (Wildman–Crippen LogP) is 5.34. The number of azide groups is 1. The normalized spacial score (nSPS) is 14.9. The van der Waals surface area contributed by atoms with E-state index in [9.17, 15) is 25.0 Å². The first-order chi connectivity index (χ1) is 22.0. The molecule has 0 saturated heterocycles. The van der Waals surface area contributed by atoms with Gasteiger partial charge in [-0.1, -0.05) is 52.7 Å². The highest BCUT2D eigenvalue weighted by Crippen LogP contribution is 2.40. The molecule has 0 saturated carbocycles. The topological polar surface area (TPSA) is 195 Å². The third-order valence-corrected chi connectivity index (χ3v) is 8.39. The average molecular weight is 664 g/mol. The van der Waals surface area contributed by atoms with Gasteiger partial charge in [0.15, 0.2) is 11.5 Å². The van der Waals surface area contributed by atoms with Crippen LogP contribution in [-0.4, -0.2) is 69.0 Å². The van der Waals surface area contributed by atoms with E-state index in [4.69, 9.17) is 24.7 Å². The highest BCUT2D eigenvalue weighted by atomic mass is 16.5. The van der Waals surface area contributed by atoms with Crippen LogP contribution in [0.2, 0.25) is 0 Å². The molecule has 0 radical (unpaired) electrons. The van der Waals surface area contributed by atoms with Crippen molar-refractivity contribution in [2.75, 3.05) is 34.0 Å². The van der Waals surface area contributed by atoms with Crippen LogP contribution in [0, 0.1) is 35.0 Å². The number of ether oxygens (including phenoxy) is 4. The second-order valence-electron chi connectivity index (χ2n) is 13.7. The van der Waals surface area contributed by atoms with E-state index in [0.29, 0.717) is 36.7 Å². The van der Waals surface area contributed by atoms with Gasteiger partial charge in [-0.25, -0.2) is 0 Å². The van der Waals surface area contributed by atoms with Gasteiger partial charge in [-0.2, -0.15) is 0 Å². The van der Waals surface area contributed by atoms with Gasteiger partial charge in [0.05, 0.1) is 37.2 Å². The van der Waals surface area contributed by atoms with Crippen molar-refractivity contribution in [1.82, 2.24) is 5.32 Å². The standard InChI is InChI=1S/C34H57N5O8/c1-20(2)24(17-26(38-39-36)27(40)18-25(21(3)4)31(41)37-19-34(7,8)33(35)43)30(47-32(42)22(5)6)23-12-13-28(45-10)29(16-23)46-15-11-14-44-9/h12-13,16,20-22,24-27,30,40H,11,14-15,17-19H2,1-10H3,(H2,35,43)(H,37,41)/t24-,25-,26-,27-,30?/m0/s1. The smallest absolute Gasteiger partial charge is 0.308 e. The van der Waals surface area contributed by atoms with E-state index in [1.165, 1.54) is 0 Å². The van der Waals surface area contributed by atoms with E-state index in [1.807, 2.05) is 27.7 Å². The Labute approximate surface area is 279 Å². The molecule has 47 heavy (non-hydrogen) atoms. The molecule has 1 rings (SSSR count). The van der Waals surface area contributed by atoms with Crippen molar-refractivity contribution in [3.63, 3.8) is 0 Å². The summed E-state index contributed by atoms with van der Waals surface area (Å²) in [7, 11) is 3.16. The van der Waals surface area contributed by atoms with E-state index in [0.717, 1.165) is 0 Å². The van der Waals surface area contributed by atoms with Gasteiger partial charge in [0.2, 0.25) is 11.8 Å². The first kappa shape index (κ1) is 41.5. The zero-order valence-electron chi connectivity index (χ0n) is 29.8. The fourth-order valence-electron chi connectivity index (χ4n) is 5.03. The number of rotatable bonds is 22. The van der Waals surface area contributed by atoms with Crippen molar-refractivity contribution < 1.29 is 38.4 Å². The summed E-state index contributed by atoms with van der Waals surface area (Å²) in [6.45, 7) is 15.4. The molecule has 0 aliphatic heterocycles. The second kappa shape index (κ2) is 20.0. The number of esters is 1. The van der Waals surface area contributed by atoms with Gasteiger partial charge in [0.25, 0.3) is 0 Å². The summed E-state index contributed by atoms with van der Waals surface area (Å²) in [5.41, 5.74) is 14.7. The van der Waals surface area contributed by atoms with Crippen molar-refractivity contribution in [2.45, 2.75) is 92.9 Å². The van der Waals surface area contributed by atoms with Gasteiger partial charge >= 0.3 is 5.97 Å². The fourth-order valence-corrected chi connectivity index (χ4v) is 5.03. The lowest BCUT2D eigenvalue weighted by Gasteiger charge is -2.34. The minimum absolute atomic E-state index is 0.00739. The Morgan fingerprint density at radius 3 is 2.19 bits per heavy atom. The lowest BCUT2D eigenvalue weighted by atomic mass is 9.79. The molecule has 0 bridgehead atoms. The molecule has 1 unspecified atom stereocenters. The molecule has 1 aromatic carbocycles. The Bertz CT molecular complexity index is 1200. The number of benzene rings is 1. The van der Waals surface area contributed by atoms with Gasteiger partial charge in [-0.05, 0) is 61.8 Å². The monoisotopic (exact) mass is 663 g/mol. The molecule has 13 heteroatoms. The minimum Gasteiger partial charge on any atom is -0.493 e. The number of methoxy groups -OCH3 is 2. The maximum absolute atomic E-state index is 13.2. The molecule has 4 N–H and O–H groups in total. The van der Waals surface area contributed by atoms with Crippen molar-refractivity contribution in [3.8, 4) is 11.5 Å². The Kier molecular flexibility index (Phi) is 17.6. The van der Waals surface area contributed by atoms with Crippen LogP contribution in [0.15, 0.2) is 23.3 Å². The fraction of sp³-hybridized carbons (Fsp3) is 0.735. The molecule has 0 aliphatic rings. The lowest BCUT2D eigenvalue weighted by Crippen LogP contribution is -2.45. The van der Waals surface area contributed by atoms with Crippen molar-refractivity contribution >= 4 is 17.8 Å². The maximum atomic E-state index is 13.2. The molecule has 0 aliphatic carbocycles. The van der Waals surface area contributed by atoms with Crippen molar-refractivity contribution in [3.05, 3.63) is 34.2 Å². The second-order valence-corrected chi connectivity index (χ2v) is 13.7. The molecule has 0 heterocycles. The Balaban J connectivity index is 3.45. The zero-order chi connectivity index (χ0) is 35.9. The van der Waals surface area contributed by atoms with Crippen LogP contribution in [0.5, 0.6) is 11.5 Å². The molecular formula is C34H57N5O8. The molecule has 5 atom stereocenters. The highest BCUT2D eigenvalue weighted by Gasteiger charge is 2.37. The zero-order valence-corrected chi connectivity index (χ0v) is 29.8. The van der Waals surface area contributed by atoms with Gasteiger partial charge in [0.1, 0.15) is 6.10 Å². The van der Waals surface area contributed by atoms with Gasteiger partial charge < -0.3 is 35.1 Å². The maximum Gasteiger partial charge on any atom is 0.308 e. The molecule has 266 valence electrons. The SMILES string of the molecule is COCCCOc1cc(C(OC(=O)C(C)C)[C@@H](C[C@H](N=[N+]=[N-])[C@@H](O)C[C@H](C(=O)NCC(C)(C)C(N)=O)C(C)C)C(C)C)ccc1OC. The Morgan fingerprint density at radius 1 is 1.02 bits per heavy atom. The van der Waals surface area contributed by atoms with Crippen LogP contribution in [0.1, 0.15) is 86.3 Å². The molecule has 0 spiro atoms. The van der Waals surface area contributed by atoms with E-state index in [1.54, 1.807) is 60.1 Å². The number of nitrogens with one attached hydrogen (secondary N) is 1. The molecule has 13 nitrogen and oxygen atoms in total. The van der Waals surface area contributed by atoms with Crippen LogP contribution in [0.4, 0.5) is 0 Å². The molecular weight excluding hydrogens is 606 g/mol. The van der Waals surface area contributed by atoms with Crippen LogP contribution in [0.25, 0.3) is 10.4 Å². The van der Waals surface area contributed by atoms with E-state index < -0.39 is 53.3 Å². The number of nitrogens with zero attached hydrogens (tertiary/aromatic N) is 3. The number of carbonyl (C=O) groups excluding carboxylic acids is 3. The predicted molar refractivity (Wildman–Crippen MR) is 179 cm³/mol. The van der Waals surface area contributed by atoms with Crippen LogP contribution >= 0.6 is 0 Å². The quantitative estimate of drug-likeness (QED) is 0.0486. The third-order valence-electron chi connectivity index (χ3n) is 8.39. The molecule has 1 aromatic rings. The number of amides is 2. The number of hydrogen-bond donors (Lipinski definition) is 3. The Morgan fingerprint density at radius 2 is 1.68 bits per heavy atom. The summed E-state index contributed by atoms with van der Waals surface area (Å²) in [6, 6.07) is 4.40. The summed E-state index contributed by atoms with van der Waals surface area (Å²) in [6.07, 6.45) is -1.13. The summed E-state index contributed by atoms with van der Waals surface area (Å²) in [4.78, 5) is 41.0. The molecule has 2 amide bonds. The van der Waals surface area contributed by atoms with Crippen LogP contribution in [0.3, 0.4) is 0 Å². The summed E-state index contributed by atoms with van der Waals surface area (Å²) in [5, 5.41) is 18.2. The molecule has 0 aromatic heterocycles. The van der Waals surface area contributed by atoms with E-state index >= 15 is 0 Å². The number of aliphatic hydroxyl groups excluding tert-OH is 1. The van der Waals surface area contributed by atoms with Gasteiger partial charge in [-0.3, -0.25) is 14.4 Å². The average Bonchev–Trinajstić information content (AvgIpc) is 3.01. The first-order valence-electron chi connectivity index (χ1n) is 16.3. The largest absolute Gasteiger partial charge is 0.493 e. The highest BCUT2D eigenvalue weighted by molar-refractivity contribution is 5.83. The lowest BCUT2D eigenvalue weighted by molar-refractivity contribution is -0.158. The summed E-state index contributed by atoms with van der Waals surface area (Å²) >= 11 is 0. The van der Waals surface area contributed by atoms with Crippen molar-refractivity contribution in [1.29, 1.82) is 0 Å².